The average Bonchev–Trinajstić information content (AvgIpc) is 3.50. The molecule has 0 saturated carbocycles. The van der Waals surface area contributed by atoms with Crippen LogP contribution in [0.3, 0.4) is 0 Å². The predicted octanol–water partition coefficient (Wildman–Crippen LogP) is 4.00. The topological polar surface area (TPSA) is 104 Å². The van der Waals surface area contributed by atoms with Crippen molar-refractivity contribution in [2.45, 2.75) is 12.1 Å². The van der Waals surface area contributed by atoms with E-state index < -0.39 is 23.0 Å². The third-order valence-corrected chi connectivity index (χ3v) is 6.52. The first-order valence-electron chi connectivity index (χ1n) is 11.4. The fraction of sp³-hybridized carbons (Fsp3) is 0.214. The van der Waals surface area contributed by atoms with Crippen molar-refractivity contribution in [3.05, 3.63) is 89.2 Å². The Kier molecular flexibility index (Phi) is 6.12. The summed E-state index contributed by atoms with van der Waals surface area (Å²) >= 11 is 0. The number of nitrogens with zero attached hydrogens (tertiary/aromatic N) is 1. The van der Waals surface area contributed by atoms with E-state index in [1.807, 2.05) is 6.07 Å². The highest BCUT2D eigenvalue weighted by Crippen LogP contribution is 2.45. The molecule has 0 saturated heterocycles. The van der Waals surface area contributed by atoms with Crippen molar-refractivity contribution in [1.82, 2.24) is 4.90 Å². The van der Waals surface area contributed by atoms with Gasteiger partial charge in [0.25, 0.3) is 5.91 Å². The van der Waals surface area contributed by atoms with Gasteiger partial charge in [-0.25, -0.2) is 0 Å². The molecule has 0 radical (unpaired) electrons. The van der Waals surface area contributed by atoms with E-state index in [1.165, 1.54) is 25.2 Å². The van der Waals surface area contributed by atoms with Gasteiger partial charge in [-0.05, 0) is 53.6 Å². The van der Waals surface area contributed by atoms with Gasteiger partial charge in [0, 0.05) is 18.2 Å². The highest BCUT2D eigenvalue weighted by Gasteiger charge is 2.53. The van der Waals surface area contributed by atoms with Crippen molar-refractivity contribution in [1.29, 1.82) is 0 Å². The van der Waals surface area contributed by atoms with Gasteiger partial charge >= 0.3 is 0 Å². The Balaban J connectivity index is 1.70. The molecule has 37 heavy (non-hydrogen) atoms. The summed E-state index contributed by atoms with van der Waals surface area (Å²) in [5.41, 5.74) is -0.307. The average molecular weight is 504 g/mol. The fourth-order valence-corrected chi connectivity index (χ4v) is 4.68. The largest absolute Gasteiger partial charge is 0.503 e. The minimum atomic E-state index is -1.70. The van der Waals surface area contributed by atoms with Gasteiger partial charge in [-0.15, -0.1) is 0 Å². The van der Waals surface area contributed by atoms with Crippen LogP contribution in [0, 0.1) is 0 Å². The number of Topliss-reactive ketones (excluding diaryl/α,β-unsaturated/α-hetero) is 1. The number of methoxy groups -OCH3 is 3. The van der Waals surface area contributed by atoms with Crippen LogP contribution < -0.4 is 23.7 Å². The molecule has 3 aromatic rings. The second-order valence-corrected chi connectivity index (χ2v) is 8.51. The number of hydrogen-bond donors (Lipinski definition) is 1. The van der Waals surface area contributed by atoms with Gasteiger partial charge in [0.15, 0.2) is 40.1 Å². The molecule has 2 aliphatic rings. The number of amides is 1. The Morgan fingerprint density at radius 1 is 0.946 bits per heavy atom. The van der Waals surface area contributed by atoms with Crippen molar-refractivity contribution in [3.63, 3.8) is 0 Å². The summed E-state index contributed by atoms with van der Waals surface area (Å²) in [7, 11) is 4.53. The first-order valence-corrected chi connectivity index (χ1v) is 11.4. The first kappa shape index (κ1) is 24.1. The number of aliphatic hydroxyl groups excluding tert-OH is 1. The maximum Gasteiger partial charge on any atom is 0.290 e. The van der Waals surface area contributed by atoms with Gasteiger partial charge in [-0.1, -0.05) is 18.2 Å². The zero-order valence-corrected chi connectivity index (χ0v) is 20.5. The van der Waals surface area contributed by atoms with E-state index in [-0.39, 0.29) is 18.9 Å². The van der Waals surface area contributed by atoms with Gasteiger partial charge in [0.1, 0.15) is 5.75 Å². The lowest BCUT2D eigenvalue weighted by atomic mass is 9.81. The number of ketones is 1. The van der Waals surface area contributed by atoms with Crippen molar-refractivity contribution < 1.29 is 38.4 Å². The van der Waals surface area contributed by atoms with E-state index in [4.69, 9.17) is 23.7 Å². The maximum atomic E-state index is 14.4. The Hall–Kier alpha value is -4.66. The van der Waals surface area contributed by atoms with Crippen molar-refractivity contribution in [3.8, 4) is 28.7 Å². The molecule has 0 bridgehead atoms. The minimum Gasteiger partial charge on any atom is -0.503 e. The Bertz CT molecular complexity index is 1420. The summed E-state index contributed by atoms with van der Waals surface area (Å²) in [6.45, 7) is 0.0656. The predicted molar refractivity (Wildman–Crippen MR) is 132 cm³/mol. The molecule has 5 rings (SSSR count). The lowest BCUT2D eigenvalue weighted by molar-refractivity contribution is -0.131. The van der Waals surface area contributed by atoms with Crippen molar-refractivity contribution in [2.24, 2.45) is 0 Å². The molecular formula is C28H25NO8. The molecule has 3 aromatic carbocycles. The van der Waals surface area contributed by atoms with Crippen LogP contribution in [0.4, 0.5) is 0 Å². The summed E-state index contributed by atoms with van der Waals surface area (Å²) in [5, 5.41) is 10.7. The smallest absolute Gasteiger partial charge is 0.290 e. The molecule has 0 aromatic heterocycles. The summed E-state index contributed by atoms with van der Waals surface area (Å²) < 4.78 is 27.1. The van der Waals surface area contributed by atoms with E-state index in [0.29, 0.717) is 39.9 Å². The van der Waals surface area contributed by atoms with Gasteiger partial charge in [-0.2, -0.15) is 0 Å². The zero-order valence-electron chi connectivity index (χ0n) is 20.5. The number of carbonyl (C=O) groups excluding carboxylic acids is 2. The molecule has 0 aliphatic carbocycles. The van der Waals surface area contributed by atoms with E-state index in [2.05, 4.69) is 0 Å². The number of fused-ring (bicyclic) bond motifs is 1. The second kappa shape index (κ2) is 9.42. The molecule has 9 nitrogen and oxygen atoms in total. The highest BCUT2D eigenvalue weighted by molar-refractivity contribution is 6.12. The number of hydrogen-bond acceptors (Lipinski definition) is 8. The van der Waals surface area contributed by atoms with E-state index in [1.54, 1.807) is 61.7 Å². The molecule has 2 heterocycles. The lowest BCUT2D eigenvalue weighted by Crippen LogP contribution is -2.49. The molecule has 1 unspecified atom stereocenters. The number of benzene rings is 3. The SMILES string of the molecule is COc1cccc(CN2C(=O)C(O)=CC2(C(=O)c2ccc3c(c2)OCO3)c2ccc(OC)c(OC)c2)c1. The van der Waals surface area contributed by atoms with Crippen LogP contribution in [-0.2, 0) is 16.9 Å². The summed E-state index contributed by atoms with van der Waals surface area (Å²) in [4.78, 5) is 29.1. The minimum absolute atomic E-state index is 0.0151. The number of ether oxygens (including phenoxy) is 5. The Labute approximate surface area is 213 Å². The number of aliphatic hydroxyl groups is 1. The molecule has 190 valence electrons. The Morgan fingerprint density at radius 2 is 1.73 bits per heavy atom. The third-order valence-electron chi connectivity index (χ3n) is 6.52. The fourth-order valence-electron chi connectivity index (χ4n) is 4.68. The highest BCUT2D eigenvalue weighted by atomic mass is 16.7. The number of carbonyl (C=O) groups is 2. The van der Waals surface area contributed by atoms with Gasteiger partial charge in [-0.3, -0.25) is 9.59 Å². The lowest BCUT2D eigenvalue weighted by Gasteiger charge is -2.37. The summed E-state index contributed by atoms with van der Waals surface area (Å²) in [6.07, 6.45) is 1.28. The zero-order chi connectivity index (χ0) is 26.2. The molecule has 1 amide bonds. The van der Waals surface area contributed by atoms with Crippen molar-refractivity contribution in [2.75, 3.05) is 28.1 Å². The van der Waals surface area contributed by atoms with Crippen molar-refractivity contribution >= 4 is 11.7 Å². The van der Waals surface area contributed by atoms with E-state index in [9.17, 15) is 14.7 Å². The molecule has 1 atom stereocenters. The molecule has 1 N–H and O–H groups in total. The monoisotopic (exact) mass is 503 g/mol. The van der Waals surface area contributed by atoms with E-state index >= 15 is 0 Å². The van der Waals surface area contributed by atoms with Crippen LogP contribution in [0.5, 0.6) is 28.7 Å². The standard InChI is InChI=1S/C28H25NO8/c1-33-20-6-4-5-17(11-20)15-29-27(32)21(30)14-28(29,19-8-10-22(34-2)24(13-19)35-3)26(31)18-7-9-23-25(12-18)37-16-36-23/h4-14,30H,15-16H2,1-3H3. The van der Waals surface area contributed by atoms with E-state index in [0.717, 1.165) is 0 Å². The summed E-state index contributed by atoms with van der Waals surface area (Å²) in [5.74, 6) is 0.688. The van der Waals surface area contributed by atoms with Crippen LogP contribution in [0.25, 0.3) is 0 Å². The quantitative estimate of drug-likeness (QED) is 0.460. The van der Waals surface area contributed by atoms with Crippen LogP contribution in [-0.4, -0.2) is 49.8 Å². The molecule has 9 heteroatoms. The van der Waals surface area contributed by atoms with Crippen LogP contribution in [0.2, 0.25) is 0 Å². The molecule has 2 aliphatic heterocycles. The Morgan fingerprint density at radius 3 is 2.49 bits per heavy atom. The number of rotatable bonds is 8. The van der Waals surface area contributed by atoms with Gasteiger partial charge < -0.3 is 33.7 Å². The van der Waals surface area contributed by atoms with Crippen LogP contribution in [0.15, 0.2) is 72.5 Å². The van der Waals surface area contributed by atoms with Gasteiger partial charge in [0.2, 0.25) is 6.79 Å². The van der Waals surface area contributed by atoms with Crippen LogP contribution in [0.1, 0.15) is 21.5 Å². The molecule has 0 fully saturated rings. The first-order chi connectivity index (χ1) is 17.9. The molecule has 0 spiro atoms. The molecular weight excluding hydrogens is 478 g/mol. The second-order valence-electron chi connectivity index (χ2n) is 8.51. The third kappa shape index (κ3) is 3.98. The summed E-state index contributed by atoms with van der Waals surface area (Å²) in [6, 6.07) is 16.9. The van der Waals surface area contributed by atoms with Crippen LogP contribution >= 0.6 is 0 Å². The normalized spacial score (nSPS) is 18.0. The maximum absolute atomic E-state index is 14.4. The van der Waals surface area contributed by atoms with Gasteiger partial charge in [0.05, 0.1) is 21.3 Å².